The van der Waals surface area contributed by atoms with Crippen molar-refractivity contribution in [3.05, 3.63) is 29.8 Å². The van der Waals surface area contributed by atoms with Gasteiger partial charge in [0.15, 0.2) is 0 Å². The molecule has 19 heavy (non-hydrogen) atoms. The Morgan fingerprint density at radius 1 is 1.26 bits per heavy atom. The molecule has 0 fully saturated rings. The third-order valence-electron chi connectivity index (χ3n) is 4.23. The molecule has 0 amide bonds. The summed E-state index contributed by atoms with van der Waals surface area (Å²) < 4.78 is 0. The van der Waals surface area contributed by atoms with E-state index in [0.29, 0.717) is 12.0 Å². The van der Waals surface area contributed by atoms with E-state index < -0.39 is 0 Å². The lowest BCUT2D eigenvalue weighted by Crippen LogP contribution is -2.46. The van der Waals surface area contributed by atoms with Gasteiger partial charge in [-0.05, 0) is 38.3 Å². The second-order valence-electron chi connectivity index (χ2n) is 7.50. The highest BCUT2D eigenvalue weighted by molar-refractivity contribution is 5.61. The molecule has 2 rings (SSSR count). The smallest absolute Gasteiger partial charge is 0.0391 e. The van der Waals surface area contributed by atoms with E-state index in [-0.39, 0.29) is 11.0 Å². The first kappa shape index (κ1) is 14.4. The van der Waals surface area contributed by atoms with Crippen LogP contribution in [-0.4, -0.2) is 18.1 Å². The van der Waals surface area contributed by atoms with Crippen LogP contribution in [0.3, 0.4) is 0 Å². The third kappa shape index (κ3) is 2.94. The Morgan fingerprint density at radius 3 is 2.47 bits per heavy atom. The summed E-state index contributed by atoms with van der Waals surface area (Å²) >= 11 is 0. The van der Waals surface area contributed by atoms with Gasteiger partial charge in [-0.25, -0.2) is 0 Å². The Morgan fingerprint density at radius 2 is 1.89 bits per heavy atom. The van der Waals surface area contributed by atoms with Crippen molar-refractivity contribution in [2.75, 3.05) is 11.9 Å². The maximum atomic E-state index is 3.72. The molecule has 2 N–H and O–H groups in total. The van der Waals surface area contributed by atoms with Gasteiger partial charge in [-0.15, -0.1) is 0 Å². The van der Waals surface area contributed by atoms with E-state index in [4.69, 9.17) is 0 Å². The predicted octanol–water partition coefficient (Wildman–Crippen LogP) is 3.78. The zero-order valence-corrected chi connectivity index (χ0v) is 13.2. The molecular formula is C17H28N2. The summed E-state index contributed by atoms with van der Waals surface area (Å²) in [7, 11) is 0. The van der Waals surface area contributed by atoms with Gasteiger partial charge in [0.25, 0.3) is 0 Å². The highest BCUT2D eigenvalue weighted by Gasteiger charge is 2.41. The lowest BCUT2D eigenvalue weighted by Gasteiger charge is -2.34. The maximum Gasteiger partial charge on any atom is 0.0391 e. The molecule has 1 aromatic rings. The van der Waals surface area contributed by atoms with E-state index in [0.717, 1.165) is 6.54 Å². The summed E-state index contributed by atoms with van der Waals surface area (Å²) in [6.45, 7) is 14.8. The predicted molar refractivity (Wildman–Crippen MR) is 83.8 cm³/mol. The average molecular weight is 260 g/mol. The number of rotatable bonds is 3. The molecule has 2 nitrogen and oxygen atoms in total. The Bertz CT molecular complexity index is 443. The minimum absolute atomic E-state index is 0.184. The first-order chi connectivity index (χ1) is 8.72. The number of anilines is 1. The van der Waals surface area contributed by atoms with E-state index in [1.165, 1.54) is 11.3 Å². The molecule has 0 saturated carbocycles. The van der Waals surface area contributed by atoms with Gasteiger partial charge in [0, 0.05) is 29.2 Å². The summed E-state index contributed by atoms with van der Waals surface area (Å²) in [5, 5.41) is 7.34. The number of fused-ring (bicyclic) bond motifs is 1. The van der Waals surface area contributed by atoms with Crippen LogP contribution in [0.25, 0.3) is 0 Å². The fourth-order valence-electron chi connectivity index (χ4n) is 3.12. The van der Waals surface area contributed by atoms with Crippen LogP contribution >= 0.6 is 0 Å². The van der Waals surface area contributed by atoms with E-state index >= 15 is 0 Å². The molecule has 0 spiro atoms. The molecular weight excluding hydrogens is 232 g/mol. The Kier molecular flexibility index (Phi) is 3.65. The quantitative estimate of drug-likeness (QED) is 0.864. The van der Waals surface area contributed by atoms with Crippen LogP contribution in [-0.2, 0) is 5.41 Å². The highest BCUT2D eigenvalue weighted by Crippen LogP contribution is 2.43. The van der Waals surface area contributed by atoms with Gasteiger partial charge in [0.1, 0.15) is 0 Å². The normalized spacial score (nSPS) is 22.7. The third-order valence-corrected chi connectivity index (χ3v) is 4.23. The molecule has 1 unspecified atom stereocenters. The van der Waals surface area contributed by atoms with Crippen LogP contribution in [0, 0.1) is 5.92 Å². The number of benzene rings is 1. The van der Waals surface area contributed by atoms with Crippen LogP contribution in [0.4, 0.5) is 5.69 Å². The van der Waals surface area contributed by atoms with Gasteiger partial charge in [-0.2, -0.15) is 0 Å². The summed E-state index contributed by atoms with van der Waals surface area (Å²) in [5.41, 5.74) is 3.13. The lowest BCUT2D eigenvalue weighted by molar-refractivity contribution is 0.308. The minimum Gasteiger partial charge on any atom is -0.381 e. The first-order valence-electron chi connectivity index (χ1n) is 7.33. The maximum absolute atomic E-state index is 3.72. The number of para-hydroxylation sites is 1. The molecule has 2 heteroatoms. The zero-order valence-electron chi connectivity index (χ0n) is 13.2. The molecule has 0 bridgehead atoms. The van der Waals surface area contributed by atoms with Gasteiger partial charge < -0.3 is 10.6 Å². The van der Waals surface area contributed by atoms with Crippen molar-refractivity contribution in [1.29, 1.82) is 0 Å². The van der Waals surface area contributed by atoms with Crippen LogP contribution in [0.2, 0.25) is 0 Å². The molecule has 1 aliphatic rings. The Hall–Kier alpha value is -1.02. The van der Waals surface area contributed by atoms with E-state index in [9.17, 15) is 0 Å². The molecule has 0 aliphatic carbocycles. The fourth-order valence-corrected chi connectivity index (χ4v) is 3.12. The number of hydrogen-bond donors (Lipinski definition) is 2. The topological polar surface area (TPSA) is 24.1 Å². The molecule has 1 aromatic carbocycles. The van der Waals surface area contributed by atoms with Crippen molar-refractivity contribution in [3.8, 4) is 0 Å². The van der Waals surface area contributed by atoms with Crippen LogP contribution in [0.1, 0.15) is 47.1 Å². The van der Waals surface area contributed by atoms with Crippen LogP contribution < -0.4 is 10.6 Å². The van der Waals surface area contributed by atoms with Crippen LogP contribution in [0.5, 0.6) is 0 Å². The van der Waals surface area contributed by atoms with Gasteiger partial charge in [0.05, 0.1) is 0 Å². The molecule has 0 aromatic heterocycles. The number of nitrogens with one attached hydrogen (secondary N) is 2. The zero-order chi connectivity index (χ0) is 14.3. The summed E-state index contributed by atoms with van der Waals surface area (Å²) in [6.07, 6.45) is 0. The van der Waals surface area contributed by atoms with Gasteiger partial charge in [-0.1, -0.05) is 39.0 Å². The highest BCUT2D eigenvalue weighted by atomic mass is 15.0. The van der Waals surface area contributed by atoms with Crippen molar-refractivity contribution in [3.63, 3.8) is 0 Å². The second-order valence-corrected chi connectivity index (χ2v) is 7.50. The first-order valence-corrected chi connectivity index (χ1v) is 7.33. The summed E-state index contributed by atoms with van der Waals surface area (Å²) in [6, 6.07) is 9.19. The molecule has 2 atom stereocenters. The Labute approximate surface area is 118 Å². The molecule has 106 valence electrons. The van der Waals surface area contributed by atoms with Crippen molar-refractivity contribution < 1.29 is 0 Å². The molecule has 0 radical (unpaired) electrons. The standard InChI is InChI=1S/C17H28N2/c1-12(11-18-16(2,3)4)15-17(5,6)13-9-7-8-10-14(13)19-15/h7-10,12,15,18-19H,11H2,1-6H3/t12?,15-/m0/s1. The fraction of sp³-hybridized carbons (Fsp3) is 0.647. The number of hydrogen-bond acceptors (Lipinski definition) is 2. The van der Waals surface area contributed by atoms with Crippen molar-refractivity contribution in [2.24, 2.45) is 5.92 Å². The van der Waals surface area contributed by atoms with Gasteiger partial charge in [0.2, 0.25) is 0 Å². The second kappa shape index (κ2) is 4.82. The lowest BCUT2D eigenvalue weighted by atomic mass is 9.75. The van der Waals surface area contributed by atoms with E-state index in [1.807, 2.05) is 0 Å². The minimum atomic E-state index is 0.184. The SMILES string of the molecule is CC(CNC(C)(C)C)[C@@H]1Nc2ccccc2C1(C)C. The van der Waals surface area contributed by atoms with Crippen molar-refractivity contribution >= 4 is 5.69 Å². The molecule has 1 heterocycles. The van der Waals surface area contributed by atoms with E-state index in [2.05, 4.69) is 76.4 Å². The van der Waals surface area contributed by atoms with E-state index in [1.54, 1.807) is 0 Å². The average Bonchev–Trinajstić information content (AvgIpc) is 2.58. The van der Waals surface area contributed by atoms with Crippen molar-refractivity contribution in [2.45, 2.75) is 58.5 Å². The van der Waals surface area contributed by atoms with Gasteiger partial charge in [-0.3, -0.25) is 0 Å². The van der Waals surface area contributed by atoms with Crippen LogP contribution in [0.15, 0.2) is 24.3 Å². The summed E-state index contributed by atoms with van der Waals surface area (Å²) in [5.74, 6) is 0.585. The Balaban J connectivity index is 2.11. The molecule has 1 aliphatic heterocycles. The van der Waals surface area contributed by atoms with Crippen molar-refractivity contribution in [1.82, 2.24) is 5.32 Å². The molecule has 0 saturated heterocycles. The summed E-state index contributed by atoms with van der Waals surface area (Å²) in [4.78, 5) is 0. The monoisotopic (exact) mass is 260 g/mol. The largest absolute Gasteiger partial charge is 0.381 e. The van der Waals surface area contributed by atoms with Gasteiger partial charge >= 0.3 is 0 Å².